The molecule has 0 radical (unpaired) electrons. The second-order valence-corrected chi connectivity index (χ2v) is 9.51. The zero-order valence-corrected chi connectivity index (χ0v) is 23.3. The van der Waals surface area contributed by atoms with Crippen molar-refractivity contribution in [3.05, 3.63) is 71.7 Å². The molecule has 0 fully saturated rings. The van der Waals surface area contributed by atoms with Gasteiger partial charge in [0, 0.05) is 23.5 Å². The maximum absolute atomic E-state index is 12.2. The van der Waals surface area contributed by atoms with Crippen molar-refractivity contribution in [2.75, 3.05) is 6.54 Å². The number of aryl methyl sites for hydroxylation is 1. The zero-order valence-electron chi connectivity index (χ0n) is 23.3. The van der Waals surface area contributed by atoms with Crippen molar-refractivity contribution in [3.8, 4) is 0 Å². The molecule has 1 aliphatic heterocycles. The number of rotatable bonds is 9. The highest BCUT2D eigenvalue weighted by Gasteiger charge is 2.26. The highest BCUT2D eigenvalue weighted by Crippen LogP contribution is 2.28. The Bertz CT molecular complexity index is 815. The molecule has 0 N–H and O–H groups in total. The Kier molecular flexibility index (Phi) is 16.7. The lowest BCUT2D eigenvalue weighted by molar-refractivity contribution is -0.115. The largest absolute Gasteiger partial charge is 0.330 e. The van der Waals surface area contributed by atoms with Crippen LogP contribution in [-0.4, -0.2) is 22.9 Å². The molecule has 2 rings (SSSR count). The summed E-state index contributed by atoms with van der Waals surface area (Å²) in [5, 5.41) is 0. The molecule has 1 aromatic rings. The first kappa shape index (κ1) is 31.6. The van der Waals surface area contributed by atoms with Gasteiger partial charge in [-0.2, -0.15) is 0 Å². The van der Waals surface area contributed by atoms with Crippen LogP contribution in [0.25, 0.3) is 0 Å². The Labute approximate surface area is 210 Å². The molecule has 190 valence electrons. The summed E-state index contributed by atoms with van der Waals surface area (Å²) in [6, 6.07) is 10.4. The van der Waals surface area contributed by atoms with E-state index in [4.69, 9.17) is 4.99 Å². The fraction of sp³-hybridized carbons (Fsp3) is 0.548. The molecule has 0 spiro atoms. The lowest BCUT2D eigenvalue weighted by atomic mass is 10.0. The molecule has 34 heavy (non-hydrogen) atoms. The predicted molar refractivity (Wildman–Crippen MR) is 151 cm³/mol. The minimum Gasteiger partial charge on any atom is -0.330 e. The molecule has 3 heteroatoms. The molecule has 0 unspecified atom stereocenters. The van der Waals surface area contributed by atoms with Crippen molar-refractivity contribution in [2.24, 2.45) is 10.9 Å². The van der Waals surface area contributed by atoms with Gasteiger partial charge in [0.15, 0.2) is 5.78 Å². The Morgan fingerprint density at radius 3 is 2.15 bits per heavy atom. The van der Waals surface area contributed by atoms with Gasteiger partial charge in [-0.25, -0.2) is 4.99 Å². The molecule has 3 nitrogen and oxygen atoms in total. The van der Waals surface area contributed by atoms with Crippen LogP contribution in [0.1, 0.15) is 99.5 Å². The third-order valence-electron chi connectivity index (χ3n) is 5.32. The van der Waals surface area contributed by atoms with E-state index in [1.54, 1.807) is 0 Å². The summed E-state index contributed by atoms with van der Waals surface area (Å²) in [6.45, 7) is 25.6. The summed E-state index contributed by atoms with van der Waals surface area (Å²) in [6.07, 6.45) is 7.09. The molecule has 0 bridgehead atoms. The van der Waals surface area contributed by atoms with E-state index < -0.39 is 0 Å². The summed E-state index contributed by atoms with van der Waals surface area (Å²) in [5.74, 6) is 1.41. The van der Waals surface area contributed by atoms with E-state index >= 15 is 0 Å². The van der Waals surface area contributed by atoms with Gasteiger partial charge in [-0.15, -0.1) is 0 Å². The maximum Gasteiger partial charge on any atom is 0.168 e. The van der Waals surface area contributed by atoms with Crippen LogP contribution in [0.4, 0.5) is 0 Å². The second-order valence-electron chi connectivity index (χ2n) is 9.51. The maximum atomic E-state index is 12.2. The molecule has 0 atom stereocenters. The third kappa shape index (κ3) is 12.7. The molecular formula is C31H50N2O. The monoisotopic (exact) mass is 466 g/mol. The smallest absolute Gasteiger partial charge is 0.168 e. The quantitative estimate of drug-likeness (QED) is 0.269. The van der Waals surface area contributed by atoms with E-state index in [9.17, 15) is 4.79 Å². The average Bonchev–Trinajstić information content (AvgIpc) is 2.80. The fourth-order valence-electron chi connectivity index (χ4n) is 3.35. The molecule has 0 saturated heterocycles. The summed E-state index contributed by atoms with van der Waals surface area (Å²) >= 11 is 0. The van der Waals surface area contributed by atoms with Crippen molar-refractivity contribution in [3.63, 3.8) is 0 Å². The van der Waals surface area contributed by atoms with E-state index in [-0.39, 0.29) is 5.78 Å². The van der Waals surface area contributed by atoms with Gasteiger partial charge in [-0.05, 0) is 51.0 Å². The van der Waals surface area contributed by atoms with Crippen LogP contribution in [0.2, 0.25) is 0 Å². The molecule has 0 aromatic heterocycles. The predicted octanol–water partition coefficient (Wildman–Crippen LogP) is 8.93. The number of ketones is 1. The van der Waals surface area contributed by atoms with Gasteiger partial charge in [-0.1, -0.05) is 103 Å². The number of nitrogens with zero attached hydrogens (tertiary/aromatic N) is 2. The van der Waals surface area contributed by atoms with Gasteiger partial charge in [0.1, 0.15) is 5.82 Å². The summed E-state index contributed by atoms with van der Waals surface area (Å²) in [4.78, 5) is 19.1. The number of allylic oxidation sites excluding steroid dienone is 3. The van der Waals surface area contributed by atoms with E-state index in [0.29, 0.717) is 12.3 Å². The van der Waals surface area contributed by atoms with Crippen LogP contribution in [0, 0.1) is 5.92 Å². The van der Waals surface area contributed by atoms with Crippen molar-refractivity contribution in [2.45, 2.75) is 100 Å². The van der Waals surface area contributed by atoms with Gasteiger partial charge in [0.2, 0.25) is 0 Å². The van der Waals surface area contributed by atoms with E-state index in [0.717, 1.165) is 48.6 Å². The standard InChI is InChI=1S/C21H28N2O.C7H14.C3H8/c1-15(2)14-23-17(4)13-20(24)18(5)21(23)22-16(3)11-12-19-9-7-6-8-10-19;1-4-6-7(3)5-2;1-3-2/h6-10,15H,4,11-14H2,1-3,5H3;3-6H2,1-2H3;3H2,1-2H3/b22-16-;;. The Morgan fingerprint density at radius 2 is 1.68 bits per heavy atom. The second kappa shape index (κ2) is 18.0. The average molecular weight is 467 g/mol. The first-order chi connectivity index (χ1) is 16.1. The highest BCUT2D eigenvalue weighted by molar-refractivity contribution is 5.98. The number of aliphatic imine (C=N–C) groups is 1. The van der Waals surface area contributed by atoms with Crippen molar-refractivity contribution in [1.29, 1.82) is 0 Å². The Balaban J connectivity index is 0.000000920. The molecule has 1 aliphatic rings. The lowest BCUT2D eigenvalue weighted by Crippen LogP contribution is -2.32. The van der Waals surface area contributed by atoms with Crippen LogP contribution in [0.15, 0.2) is 71.1 Å². The Morgan fingerprint density at radius 1 is 1.09 bits per heavy atom. The lowest BCUT2D eigenvalue weighted by Gasteiger charge is -2.33. The molecule has 0 aliphatic carbocycles. The van der Waals surface area contributed by atoms with Gasteiger partial charge in [-0.3, -0.25) is 4.79 Å². The molecule has 1 heterocycles. The number of Topliss-reactive ketones (excluding diaryl/α,β-unsaturated/α-hetero) is 1. The first-order valence-electron chi connectivity index (χ1n) is 13.0. The van der Waals surface area contributed by atoms with Gasteiger partial charge >= 0.3 is 0 Å². The van der Waals surface area contributed by atoms with Gasteiger partial charge < -0.3 is 4.90 Å². The minimum absolute atomic E-state index is 0.134. The summed E-state index contributed by atoms with van der Waals surface area (Å²) < 4.78 is 0. The summed E-state index contributed by atoms with van der Waals surface area (Å²) in [5.41, 5.74) is 5.34. The van der Waals surface area contributed by atoms with Crippen LogP contribution < -0.4 is 0 Å². The fourth-order valence-corrected chi connectivity index (χ4v) is 3.35. The van der Waals surface area contributed by atoms with Crippen LogP contribution in [0.3, 0.4) is 0 Å². The van der Waals surface area contributed by atoms with Crippen LogP contribution in [0.5, 0.6) is 0 Å². The minimum atomic E-state index is 0.134. The normalized spacial score (nSPS) is 13.9. The molecule has 0 amide bonds. The highest BCUT2D eigenvalue weighted by atomic mass is 16.1. The zero-order chi connectivity index (χ0) is 26.1. The van der Waals surface area contributed by atoms with Crippen LogP contribution >= 0.6 is 0 Å². The van der Waals surface area contributed by atoms with E-state index in [1.165, 1.54) is 30.4 Å². The Hall–Kier alpha value is -2.42. The molecular weight excluding hydrogens is 416 g/mol. The number of hydrogen-bond donors (Lipinski definition) is 0. The number of hydrogen-bond acceptors (Lipinski definition) is 3. The van der Waals surface area contributed by atoms with E-state index in [2.05, 4.69) is 83.9 Å². The van der Waals surface area contributed by atoms with Crippen molar-refractivity contribution < 1.29 is 4.79 Å². The van der Waals surface area contributed by atoms with E-state index in [1.807, 2.05) is 19.9 Å². The first-order valence-corrected chi connectivity index (χ1v) is 13.0. The van der Waals surface area contributed by atoms with Gasteiger partial charge in [0.25, 0.3) is 0 Å². The number of carbonyl (C=O) groups excluding carboxylic acids is 1. The number of benzene rings is 1. The summed E-state index contributed by atoms with van der Waals surface area (Å²) in [7, 11) is 0. The number of carbonyl (C=O) groups is 1. The third-order valence-corrected chi connectivity index (χ3v) is 5.32. The molecule has 1 aromatic carbocycles. The van der Waals surface area contributed by atoms with Crippen molar-refractivity contribution >= 4 is 11.5 Å². The SMILES string of the molecule is C=C(CC)CCC.C=C1CC(=O)C(C)=C(/N=C(/C)CCc2ccccc2)N1CC(C)C.CCC. The molecule has 0 saturated carbocycles. The van der Waals surface area contributed by atoms with Crippen LogP contribution in [-0.2, 0) is 11.2 Å². The van der Waals surface area contributed by atoms with Gasteiger partial charge in [0.05, 0.1) is 6.42 Å². The van der Waals surface area contributed by atoms with Crippen molar-refractivity contribution in [1.82, 2.24) is 4.90 Å². The topological polar surface area (TPSA) is 32.7 Å².